The lowest BCUT2D eigenvalue weighted by atomic mass is 10.2. The number of aromatic nitrogens is 2. The summed E-state index contributed by atoms with van der Waals surface area (Å²) in [5.74, 6) is 0.305. The van der Waals surface area contributed by atoms with Crippen molar-refractivity contribution in [3.63, 3.8) is 0 Å². The van der Waals surface area contributed by atoms with Gasteiger partial charge in [0.25, 0.3) is 5.56 Å². The summed E-state index contributed by atoms with van der Waals surface area (Å²) in [5.41, 5.74) is 1.35. The van der Waals surface area contributed by atoms with Gasteiger partial charge in [0.15, 0.2) is 10.9 Å². The first kappa shape index (κ1) is 15.0. The van der Waals surface area contributed by atoms with E-state index in [1.807, 2.05) is 36.6 Å². The first-order valence-electron chi connectivity index (χ1n) is 6.89. The van der Waals surface area contributed by atoms with Crippen LogP contribution >= 0.6 is 23.1 Å². The molecular formula is C16H14N2O2S2. The van der Waals surface area contributed by atoms with Crippen LogP contribution in [0, 0.1) is 0 Å². The summed E-state index contributed by atoms with van der Waals surface area (Å²) in [7, 11) is 0. The van der Waals surface area contributed by atoms with E-state index in [9.17, 15) is 9.59 Å². The van der Waals surface area contributed by atoms with E-state index >= 15 is 0 Å². The van der Waals surface area contributed by atoms with E-state index in [1.165, 1.54) is 23.1 Å². The van der Waals surface area contributed by atoms with Crippen molar-refractivity contribution in [2.75, 3.05) is 5.75 Å². The molecule has 0 saturated heterocycles. The van der Waals surface area contributed by atoms with Gasteiger partial charge in [0.2, 0.25) is 0 Å². The number of thiophene rings is 1. The SMILES string of the molecule is CCn1c(SCC(=O)c2ccccc2)nc2ccsc2c1=O. The van der Waals surface area contributed by atoms with Crippen molar-refractivity contribution < 1.29 is 4.79 Å². The normalized spacial score (nSPS) is 11.0. The lowest BCUT2D eigenvalue weighted by Crippen LogP contribution is -2.22. The number of benzene rings is 1. The quantitative estimate of drug-likeness (QED) is 0.408. The lowest BCUT2D eigenvalue weighted by Gasteiger charge is -2.09. The van der Waals surface area contributed by atoms with Gasteiger partial charge in [0.1, 0.15) is 4.70 Å². The standard InChI is InChI=1S/C16H14N2O2S2/c1-2-18-15(20)14-12(8-9-21-14)17-16(18)22-10-13(19)11-6-4-3-5-7-11/h3-9H,2,10H2,1H3. The number of carbonyl (C=O) groups is 1. The average molecular weight is 330 g/mol. The zero-order valence-electron chi connectivity index (χ0n) is 12.0. The zero-order chi connectivity index (χ0) is 15.5. The van der Waals surface area contributed by atoms with Gasteiger partial charge in [-0.3, -0.25) is 14.2 Å². The Labute approximate surface area is 135 Å². The average Bonchev–Trinajstić information content (AvgIpc) is 3.02. The number of thioether (sulfide) groups is 1. The molecule has 0 N–H and O–H groups in total. The summed E-state index contributed by atoms with van der Waals surface area (Å²) in [6, 6.07) is 11.0. The minimum atomic E-state index is -0.0304. The second kappa shape index (κ2) is 6.46. The van der Waals surface area contributed by atoms with Crippen LogP contribution in [0.15, 0.2) is 51.7 Å². The third kappa shape index (κ3) is 2.84. The molecule has 6 heteroatoms. The van der Waals surface area contributed by atoms with Crippen LogP contribution in [-0.4, -0.2) is 21.1 Å². The third-order valence-electron chi connectivity index (χ3n) is 3.28. The highest BCUT2D eigenvalue weighted by molar-refractivity contribution is 7.99. The van der Waals surface area contributed by atoms with Crippen molar-refractivity contribution in [3.05, 3.63) is 57.7 Å². The highest BCUT2D eigenvalue weighted by atomic mass is 32.2. The summed E-state index contributed by atoms with van der Waals surface area (Å²) in [5, 5.41) is 2.46. The molecule has 0 atom stereocenters. The van der Waals surface area contributed by atoms with Crippen molar-refractivity contribution in [1.82, 2.24) is 9.55 Å². The van der Waals surface area contributed by atoms with E-state index in [-0.39, 0.29) is 17.1 Å². The van der Waals surface area contributed by atoms with E-state index in [0.717, 1.165) is 0 Å². The van der Waals surface area contributed by atoms with Crippen LogP contribution in [0.25, 0.3) is 10.2 Å². The van der Waals surface area contributed by atoms with Crippen molar-refractivity contribution in [2.24, 2.45) is 0 Å². The summed E-state index contributed by atoms with van der Waals surface area (Å²) in [6.45, 7) is 2.45. The molecule has 0 unspecified atom stereocenters. The van der Waals surface area contributed by atoms with Gasteiger partial charge in [0, 0.05) is 12.1 Å². The van der Waals surface area contributed by atoms with Crippen LogP contribution in [0.1, 0.15) is 17.3 Å². The molecule has 112 valence electrons. The highest BCUT2D eigenvalue weighted by Crippen LogP contribution is 2.21. The Morgan fingerprint density at radius 3 is 2.77 bits per heavy atom. The largest absolute Gasteiger partial charge is 0.293 e. The van der Waals surface area contributed by atoms with Crippen LogP contribution in [0.5, 0.6) is 0 Å². The number of carbonyl (C=O) groups excluding carboxylic acids is 1. The lowest BCUT2D eigenvalue weighted by molar-refractivity contribution is 0.102. The Hall–Kier alpha value is -1.92. The molecule has 0 radical (unpaired) electrons. The molecule has 0 aliphatic rings. The molecule has 0 amide bonds. The van der Waals surface area contributed by atoms with Crippen LogP contribution in [0.3, 0.4) is 0 Å². The van der Waals surface area contributed by atoms with Crippen LogP contribution < -0.4 is 5.56 Å². The zero-order valence-corrected chi connectivity index (χ0v) is 13.6. The number of nitrogens with zero attached hydrogens (tertiary/aromatic N) is 2. The van der Waals surface area contributed by atoms with Crippen LogP contribution in [-0.2, 0) is 6.54 Å². The van der Waals surface area contributed by atoms with E-state index in [0.29, 0.717) is 27.5 Å². The Balaban J connectivity index is 1.87. The first-order valence-corrected chi connectivity index (χ1v) is 8.76. The topological polar surface area (TPSA) is 52.0 Å². The Bertz CT molecular complexity index is 869. The molecule has 0 spiro atoms. The van der Waals surface area contributed by atoms with E-state index < -0.39 is 0 Å². The van der Waals surface area contributed by atoms with Gasteiger partial charge in [-0.25, -0.2) is 4.98 Å². The van der Waals surface area contributed by atoms with Crippen molar-refractivity contribution in [3.8, 4) is 0 Å². The van der Waals surface area contributed by atoms with Gasteiger partial charge in [-0.15, -0.1) is 11.3 Å². The molecule has 0 fully saturated rings. The summed E-state index contributed by atoms with van der Waals surface area (Å²) in [6.07, 6.45) is 0. The van der Waals surface area contributed by atoms with E-state index in [1.54, 1.807) is 16.7 Å². The predicted molar refractivity (Wildman–Crippen MR) is 91.1 cm³/mol. The fourth-order valence-corrected chi connectivity index (χ4v) is 3.89. The van der Waals surface area contributed by atoms with Crippen LogP contribution in [0.2, 0.25) is 0 Å². The van der Waals surface area contributed by atoms with Crippen molar-refractivity contribution >= 4 is 39.1 Å². The fourth-order valence-electron chi connectivity index (χ4n) is 2.15. The van der Waals surface area contributed by atoms with Gasteiger partial charge in [-0.2, -0.15) is 0 Å². The molecule has 2 aromatic heterocycles. The maximum Gasteiger partial charge on any atom is 0.272 e. The summed E-state index contributed by atoms with van der Waals surface area (Å²) < 4.78 is 2.29. The molecule has 0 saturated carbocycles. The van der Waals surface area contributed by atoms with Gasteiger partial charge >= 0.3 is 0 Å². The Morgan fingerprint density at radius 1 is 1.27 bits per heavy atom. The summed E-state index contributed by atoms with van der Waals surface area (Å²) >= 11 is 2.72. The van der Waals surface area contributed by atoms with Crippen molar-refractivity contribution in [2.45, 2.75) is 18.6 Å². The number of Topliss-reactive ketones (excluding diaryl/α,β-unsaturated/α-hetero) is 1. The Morgan fingerprint density at radius 2 is 2.05 bits per heavy atom. The minimum Gasteiger partial charge on any atom is -0.293 e. The molecular weight excluding hydrogens is 316 g/mol. The molecule has 4 nitrogen and oxygen atoms in total. The number of fused-ring (bicyclic) bond motifs is 1. The third-order valence-corrected chi connectivity index (χ3v) is 5.14. The number of rotatable bonds is 5. The molecule has 3 rings (SSSR count). The molecule has 1 aromatic carbocycles. The maximum atomic E-state index is 12.4. The Kier molecular flexibility index (Phi) is 4.40. The minimum absolute atomic E-state index is 0.0304. The van der Waals surface area contributed by atoms with Crippen LogP contribution in [0.4, 0.5) is 0 Å². The molecule has 22 heavy (non-hydrogen) atoms. The molecule has 0 aliphatic heterocycles. The highest BCUT2D eigenvalue weighted by Gasteiger charge is 2.13. The predicted octanol–water partition coefficient (Wildman–Crippen LogP) is 3.45. The second-order valence-electron chi connectivity index (χ2n) is 4.66. The monoisotopic (exact) mass is 330 g/mol. The second-order valence-corrected chi connectivity index (χ2v) is 6.52. The number of hydrogen-bond acceptors (Lipinski definition) is 5. The van der Waals surface area contributed by atoms with Gasteiger partial charge in [-0.05, 0) is 18.4 Å². The molecule has 2 heterocycles. The van der Waals surface area contributed by atoms with Gasteiger partial charge < -0.3 is 0 Å². The number of hydrogen-bond donors (Lipinski definition) is 0. The fraction of sp³-hybridized carbons (Fsp3) is 0.188. The number of ketones is 1. The van der Waals surface area contributed by atoms with E-state index in [2.05, 4.69) is 4.98 Å². The maximum absolute atomic E-state index is 12.4. The van der Waals surface area contributed by atoms with Gasteiger partial charge in [-0.1, -0.05) is 42.1 Å². The summed E-state index contributed by atoms with van der Waals surface area (Å²) in [4.78, 5) is 29.1. The first-order chi connectivity index (χ1) is 10.7. The van der Waals surface area contributed by atoms with Crippen molar-refractivity contribution in [1.29, 1.82) is 0 Å². The molecule has 0 aliphatic carbocycles. The van der Waals surface area contributed by atoms with E-state index in [4.69, 9.17) is 0 Å². The molecule has 3 aromatic rings. The smallest absolute Gasteiger partial charge is 0.272 e. The molecule has 0 bridgehead atoms. The van der Waals surface area contributed by atoms with Gasteiger partial charge in [0.05, 0.1) is 11.3 Å².